The summed E-state index contributed by atoms with van der Waals surface area (Å²) < 4.78 is 20.2. The zero-order valence-corrected chi connectivity index (χ0v) is 15.9. The van der Waals surface area contributed by atoms with Crippen LogP contribution in [0.3, 0.4) is 0 Å². The molecule has 0 spiro atoms. The maximum atomic E-state index is 13.3. The molecule has 1 aliphatic rings. The van der Waals surface area contributed by atoms with Gasteiger partial charge >= 0.3 is 0 Å². The SMILES string of the molecule is O=C(CC1CNC(=O)c2cc(NC(=O)c3cccc(F)c3)cn21)NCc1ccco1. The lowest BCUT2D eigenvalue weighted by atomic mass is 10.1. The van der Waals surface area contributed by atoms with Gasteiger partial charge in [-0.25, -0.2) is 4.39 Å². The zero-order valence-electron chi connectivity index (χ0n) is 15.9. The first kappa shape index (κ1) is 19.4. The van der Waals surface area contributed by atoms with Crippen LogP contribution in [0.1, 0.15) is 39.1 Å². The number of carbonyl (C=O) groups is 3. The smallest absolute Gasteiger partial charge is 0.268 e. The Hall–Kier alpha value is -3.88. The number of benzene rings is 1. The summed E-state index contributed by atoms with van der Waals surface area (Å²) in [7, 11) is 0. The van der Waals surface area contributed by atoms with E-state index in [1.54, 1.807) is 22.9 Å². The molecule has 0 radical (unpaired) electrons. The van der Waals surface area contributed by atoms with Gasteiger partial charge in [0.1, 0.15) is 17.3 Å². The maximum absolute atomic E-state index is 13.3. The number of rotatable bonds is 6. The standard InChI is InChI=1S/C21H19FN4O4/c22-14-4-1-3-13(7-14)20(28)25-15-8-18-21(29)24-10-16(26(18)12-15)9-19(27)23-11-17-5-2-6-30-17/h1-8,12,16H,9-11H2,(H,23,27)(H,24,29)(H,25,28). The van der Waals surface area contributed by atoms with Crippen molar-refractivity contribution in [3.63, 3.8) is 0 Å². The molecule has 0 fully saturated rings. The van der Waals surface area contributed by atoms with Gasteiger partial charge in [0.05, 0.1) is 24.5 Å². The van der Waals surface area contributed by atoms with E-state index >= 15 is 0 Å². The van der Waals surface area contributed by atoms with E-state index in [0.717, 1.165) is 6.07 Å². The molecule has 30 heavy (non-hydrogen) atoms. The number of hydrogen-bond donors (Lipinski definition) is 3. The van der Waals surface area contributed by atoms with Gasteiger partial charge in [-0.15, -0.1) is 0 Å². The van der Waals surface area contributed by atoms with Crippen LogP contribution in [0, 0.1) is 5.82 Å². The Morgan fingerprint density at radius 2 is 2.10 bits per heavy atom. The minimum Gasteiger partial charge on any atom is -0.467 e. The summed E-state index contributed by atoms with van der Waals surface area (Å²) >= 11 is 0. The lowest BCUT2D eigenvalue weighted by molar-refractivity contribution is -0.122. The summed E-state index contributed by atoms with van der Waals surface area (Å²) in [6.07, 6.45) is 3.28. The van der Waals surface area contributed by atoms with Gasteiger partial charge in [0, 0.05) is 24.7 Å². The van der Waals surface area contributed by atoms with Crippen molar-refractivity contribution in [1.29, 1.82) is 0 Å². The Labute approximate surface area is 171 Å². The molecule has 1 aromatic carbocycles. The van der Waals surface area contributed by atoms with Gasteiger partial charge in [0.2, 0.25) is 5.91 Å². The molecule has 9 heteroatoms. The topological polar surface area (TPSA) is 105 Å². The van der Waals surface area contributed by atoms with Crippen LogP contribution in [0.5, 0.6) is 0 Å². The number of carbonyl (C=O) groups excluding carboxylic acids is 3. The highest BCUT2D eigenvalue weighted by molar-refractivity contribution is 6.05. The molecule has 1 aliphatic heterocycles. The van der Waals surface area contributed by atoms with Crippen LogP contribution >= 0.6 is 0 Å². The number of amides is 3. The van der Waals surface area contributed by atoms with Crippen molar-refractivity contribution >= 4 is 23.4 Å². The fourth-order valence-electron chi connectivity index (χ4n) is 3.32. The minimum atomic E-state index is -0.515. The summed E-state index contributed by atoms with van der Waals surface area (Å²) in [5.41, 5.74) is 0.884. The van der Waals surface area contributed by atoms with Gasteiger partial charge in [-0.3, -0.25) is 14.4 Å². The van der Waals surface area contributed by atoms with Crippen LogP contribution in [0.4, 0.5) is 10.1 Å². The summed E-state index contributed by atoms with van der Waals surface area (Å²) in [5.74, 6) is -0.861. The highest BCUT2D eigenvalue weighted by Crippen LogP contribution is 2.25. The minimum absolute atomic E-state index is 0.139. The van der Waals surface area contributed by atoms with E-state index in [4.69, 9.17) is 4.42 Å². The van der Waals surface area contributed by atoms with Crippen LogP contribution in [-0.2, 0) is 11.3 Å². The molecule has 3 aromatic rings. The third kappa shape index (κ3) is 4.24. The fourth-order valence-corrected chi connectivity index (χ4v) is 3.32. The van der Waals surface area contributed by atoms with Crippen molar-refractivity contribution in [2.75, 3.05) is 11.9 Å². The highest BCUT2D eigenvalue weighted by atomic mass is 19.1. The molecule has 1 atom stereocenters. The van der Waals surface area contributed by atoms with E-state index in [9.17, 15) is 18.8 Å². The first-order chi connectivity index (χ1) is 14.5. The average Bonchev–Trinajstić information content (AvgIpc) is 3.39. The normalized spacial score (nSPS) is 15.2. The van der Waals surface area contributed by atoms with Crippen LogP contribution in [0.25, 0.3) is 0 Å². The zero-order chi connectivity index (χ0) is 21.1. The summed E-state index contributed by atoms with van der Waals surface area (Å²) in [6, 6.07) is 10.0. The number of nitrogens with zero attached hydrogens (tertiary/aromatic N) is 1. The third-order valence-electron chi connectivity index (χ3n) is 4.78. The van der Waals surface area contributed by atoms with Gasteiger partial charge < -0.3 is 24.9 Å². The molecule has 0 bridgehead atoms. The second-order valence-corrected chi connectivity index (χ2v) is 6.91. The Balaban J connectivity index is 1.45. The third-order valence-corrected chi connectivity index (χ3v) is 4.78. The molecule has 0 saturated heterocycles. The number of aromatic nitrogens is 1. The van der Waals surface area contributed by atoms with Gasteiger partial charge in [-0.05, 0) is 36.4 Å². The average molecular weight is 410 g/mol. The van der Waals surface area contributed by atoms with E-state index in [-0.39, 0.29) is 42.9 Å². The summed E-state index contributed by atoms with van der Waals surface area (Å²) in [6.45, 7) is 0.560. The molecule has 0 saturated carbocycles. The van der Waals surface area contributed by atoms with Gasteiger partial charge in [-0.1, -0.05) is 6.07 Å². The van der Waals surface area contributed by atoms with Crippen molar-refractivity contribution in [3.05, 3.63) is 77.8 Å². The van der Waals surface area contributed by atoms with Gasteiger partial charge in [0.15, 0.2) is 0 Å². The van der Waals surface area contributed by atoms with E-state index < -0.39 is 11.7 Å². The van der Waals surface area contributed by atoms with Crippen LogP contribution in [0.2, 0.25) is 0 Å². The second-order valence-electron chi connectivity index (χ2n) is 6.91. The summed E-state index contributed by atoms with van der Waals surface area (Å²) in [5, 5.41) is 8.19. The maximum Gasteiger partial charge on any atom is 0.268 e. The Morgan fingerprint density at radius 1 is 1.23 bits per heavy atom. The van der Waals surface area contributed by atoms with Crippen molar-refractivity contribution in [2.45, 2.75) is 19.0 Å². The first-order valence-corrected chi connectivity index (χ1v) is 9.35. The molecule has 3 N–H and O–H groups in total. The molecule has 2 aromatic heterocycles. The number of anilines is 1. The van der Waals surface area contributed by atoms with Crippen LogP contribution in [-0.4, -0.2) is 28.8 Å². The van der Waals surface area contributed by atoms with Crippen LogP contribution in [0.15, 0.2) is 59.3 Å². The van der Waals surface area contributed by atoms with Crippen LogP contribution < -0.4 is 16.0 Å². The molecule has 154 valence electrons. The Kier molecular flexibility index (Phi) is 5.34. The first-order valence-electron chi connectivity index (χ1n) is 9.35. The molecule has 8 nitrogen and oxygen atoms in total. The number of hydrogen-bond acceptors (Lipinski definition) is 4. The summed E-state index contributed by atoms with van der Waals surface area (Å²) in [4.78, 5) is 36.9. The largest absolute Gasteiger partial charge is 0.467 e. The molecule has 0 aliphatic carbocycles. The fraction of sp³-hybridized carbons (Fsp3) is 0.190. The van der Waals surface area contributed by atoms with E-state index in [2.05, 4.69) is 16.0 Å². The molecule has 3 amide bonds. The predicted molar refractivity (Wildman–Crippen MR) is 105 cm³/mol. The lowest BCUT2D eigenvalue weighted by Crippen LogP contribution is -2.40. The van der Waals surface area contributed by atoms with Gasteiger partial charge in [-0.2, -0.15) is 0 Å². The Bertz CT molecular complexity index is 1090. The number of fused-ring (bicyclic) bond motifs is 1. The van der Waals surface area contributed by atoms with Crippen molar-refractivity contribution in [1.82, 2.24) is 15.2 Å². The Morgan fingerprint density at radius 3 is 2.87 bits per heavy atom. The molecule has 4 rings (SSSR count). The monoisotopic (exact) mass is 410 g/mol. The number of nitrogens with one attached hydrogen (secondary N) is 3. The predicted octanol–water partition coefficient (Wildman–Crippen LogP) is 2.46. The van der Waals surface area contributed by atoms with E-state index in [0.29, 0.717) is 17.1 Å². The van der Waals surface area contributed by atoms with E-state index in [1.807, 2.05) is 0 Å². The molecule has 1 unspecified atom stereocenters. The number of furan rings is 1. The lowest BCUT2D eigenvalue weighted by Gasteiger charge is -2.25. The molecule has 3 heterocycles. The second kappa shape index (κ2) is 8.24. The number of halogens is 1. The van der Waals surface area contributed by atoms with Crippen molar-refractivity contribution in [3.8, 4) is 0 Å². The van der Waals surface area contributed by atoms with E-state index in [1.165, 1.54) is 30.5 Å². The molecular formula is C21H19FN4O4. The highest BCUT2D eigenvalue weighted by Gasteiger charge is 2.27. The van der Waals surface area contributed by atoms with Crippen molar-refractivity contribution in [2.24, 2.45) is 0 Å². The quantitative estimate of drug-likeness (QED) is 0.581. The molecular weight excluding hydrogens is 391 g/mol. The van der Waals surface area contributed by atoms with Crippen molar-refractivity contribution < 1.29 is 23.2 Å². The van der Waals surface area contributed by atoms with Gasteiger partial charge in [0.25, 0.3) is 11.8 Å².